The molecule has 1 atom stereocenters. The van der Waals surface area contributed by atoms with Crippen LogP contribution in [0.25, 0.3) is 0 Å². The number of carboxylic acids is 1. The number of aliphatic hydroxyl groups is 1. The van der Waals surface area contributed by atoms with E-state index in [-0.39, 0.29) is 11.3 Å². The van der Waals surface area contributed by atoms with Gasteiger partial charge in [-0.3, -0.25) is 0 Å². The Morgan fingerprint density at radius 1 is 1.26 bits per heavy atom. The van der Waals surface area contributed by atoms with Crippen molar-refractivity contribution in [3.8, 4) is 0 Å². The van der Waals surface area contributed by atoms with Crippen molar-refractivity contribution in [1.29, 1.82) is 0 Å². The number of halogens is 2. The van der Waals surface area contributed by atoms with Gasteiger partial charge in [0.05, 0.1) is 13.2 Å². The lowest BCUT2D eigenvalue weighted by atomic mass is 10.0. The minimum Gasteiger partial charge on any atom is -0.479 e. The van der Waals surface area contributed by atoms with Crippen LogP contribution in [-0.2, 0) is 9.53 Å². The van der Waals surface area contributed by atoms with Crippen LogP contribution >= 0.6 is 0 Å². The van der Waals surface area contributed by atoms with Gasteiger partial charge in [-0.2, -0.15) is 0 Å². The highest BCUT2D eigenvalue weighted by Crippen LogP contribution is 2.30. The molecule has 2 N–H and O–H groups in total. The zero-order valence-electron chi connectivity index (χ0n) is 9.97. The van der Waals surface area contributed by atoms with Gasteiger partial charge in [0.1, 0.15) is 0 Å². The zero-order chi connectivity index (χ0) is 14.0. The molecule has 5 nitrogen and oxygen atoms in total. The molecule has 0 amide bonds. The van der Waals surface area contributed by atoms with Crippen molar-refractivity contribution in [2.24, 2.45) is 0 Å². The molecule has 0 bridgehead atoms. The van der Waals surface area contributed by atoms with Gasteiger partial charge in [0, 0.05) is 30.4 Å². The maximum absolute atomic E-state index is 13.3. The third-order valence-electron chi connectivity index (χ3n) is 2.95. The summed E-state index contributed by atoms with van der Waals surface area (Å²) in [6.45, 7) is 1.65. The van der Waals surface area contributed by atoms with Crippen LogP contribution in [0.5, 0.6) is 0 Å². The van der Waals surface area contributed by atoms with Gasteiger partial charge in [0.2, 0.25) is 0 Å². The van der Waals surface area contributed by atoms with E-state index < -0.39 is 23.7 Å². The fraction of sp³-hybridized carbons (Fsp3) is 0.417. The van der Waals surface area contributed by atoms with Crippen LogP contribution in [0.3, 0.4) is 0 Å². The van der Waals surface area contributed by atoms with Gasteiger partial charge in [0.25, 0.3) is 0 Å². The van der Waals surface area contributed by atoms with Crippen molar-refractivity contribution < 1.29 is 28.5 Å². The Bertz CT molecular complexity index is 489. The molecule has 1 heterocycles. The molecule has 104 valence electrons. The summed E-state index contributed by atoms with van der Waals surface area (Å²) in [7, 11) is 0. The quantitative estimate of drug-likeness (QED) is 0.857. The summed E-state index contributed by atoms with van der Waals surface area (Å²) < 4.78 is 31.7. The first-order valence-electron chi connectivity index (χ1n) is 5.73. The minimum atomic E-state index is -1.90. The number of hydrogen-bond donors (Lipinski definition) is 2. The third-order valence-corrected chi connectivity index (χ3v) is 2.95. The summed E-state index contributed by atoms with van der Waals surface area (Å²) in [5, 5.41) is 18.4. The molecule has 2 rings (SSSR count). The molecule has 0 radical (unpaired) electrons. The lowest BCUT2D eigenvalue weighted by Crippen LogP contribution is -2.37. The molecule has 0 saturated carbocycles. The summed E-state index contributed by atoms with van der Waals surface area (Å²) in [5.41, 5.74) is 0.0189. The summed E-state index contributed by atoms with van der Waals surface area (Å²) in [4.78, 5) is 12.5. The number of benzene rings is 1. The van der Waals surface area contributed by atoms with Crippen molar-refractivity contribution in [2.75, 3.05) is 31.2 Å². The fourth-order valence-corrected chi connectivity index (χ4v) is 1.98. The number of aliphatic carboxylic acids is 1. The molecule has 1 aliphatic heterocycles. The second-order valence-corrected chi connectivity index (χ2v) is 4.17. The summed E-state index contributed by atoms with van der Waals surface area (Å²) >= 11 is 0. The SMILES string of the molecule is O=C(O)C(O)c1cc(F)c(F)cc1N1CCOCC1. The summed E-state index contributed by atoms with van der Waals surface area (Å²) in [6, 6.07) is 1.63. The van der Waals surface area contributed by atoms with Crippen molar-refractivity contribution >= 4 is 11.7 Å². The van der Waals surface area contributed by atoms with E-state index in [1.165, 1.54) is 0 Å². The second kappa shape index (κ2) is 5.50. The molecule has 7 heteroatoms. The van der Waals surface area contributed by atoms with E-state index in [1.54, 1.807) is 4.90 Å². The topological polar surface area (TPSA) is 70.0 Å². The maximum Gasteiger partial charge on any atom is 0.337 e. The number of rotatable bonds is 3. The van der Waals surface area contributed by atoms with Crippen LogP contribution in [0, 0.1) is 11.6 Å². The summed E-state index contributed by atoms with van der Waals surface area (Å²) in [5.74, 6) is -3.78. The van der Waals surface area contributed by atoms with Crippen molar-refractivity contribution in [1.82, 2.24) is 0 Å². The number of morpholine rings is 1. The lowest BCUT2D eigenvalue weighted by Gasteiger charge is -2.31. The van der Waals surface area contributed by atoms with Gasteiger partial charge >= 0.3 is 5.97 Å². The van der Waals surface area contributed by atoms with Crippen LogP contribution in [-0.4, -0.2) is 42.5 Å². The zero-order valence-corrected chi connectivity index (χ0v) is 9.97. The first-order chi connectivity index (χ1) is 9.00. The first kappa shape index (κ1) is 13.7. The van der Waals surface area contributed by atoms with E-state index in [2.05, 4.69) is 0 Å². The van der Waals surface area contributed by atoms with Crippen LogP contribution < -0.4 is 4.90 Å². The Morgan fingerprint density at radius 2 is 1.84 bits per heavy atom. The molecule has 19 heavy (non-hydrogen) atoms. The number of hydrogen-bond acceptors (Lipinski definition) is 4. The number of ether oxygens (including phenoxy) is 1. The highest BCUT2D eigenvalue weighted by Gasteiger charge is 2.25. The predicted octanol–water partition coefficient (Wildman–Crippen LogP) is 0.919. The van der Waals surface area contributed by atoms with Gasteiger partial charge in [-0.1, -0.05) is 0 Å². The van der Waals surface area contributed by atoms with E-state index in [4.69, 9.17) is 9.84 Å². The van der Waals surface area contributed by atoms with Crippen LogP contribution in [0.2, 0.25) is 0 Å². The molecular weight excluding hydrogens is 260 g/mol. The monoisotopic (exact) mass is 273 g/mol. The molecule has 1 aliphatic rings. The largest absolute Gasteiger partial charge is 0.479 e. The van der Waals surface area contributed by atoms with Crippen LogP contribution in [0.15, 0.2) is 12.1 Å². The Morgan fingerprint density at radius 3 is 2.42 bits per heavy atom. The van der Waals surface area contributed by atoms with Gasteiger partial charge in [-0.25, -0.2) is 13.6 Å². The Kier molecular flexibility index (Phi) is 3.96. The number of carboxylic acid groups (broad SMARTS) is 1. The van der Waals surface area contributed by atoms with Crippen molar-refractivity contribution in [3.05, 3.63) is 29.3 Å². The molecule has 1 fully saturated rings. The highest BCUT2D eigenvalue weighted by atomic mass is 19.2. The number of anilines is 1. The lowest BCUT2D eigenvalue weighted by molar-refractivity contribution is -0.146. The van der Waals surface area contributed by atoms with Gasteiger partial charge in [-0.05, 0) is 6.07 Å². The van der Waals surface area contributed by atoms with E-state index in [9.17, 15) is 18.7 Å². The van der Waals surface area contributed by atoms with Crippen molar-refractivity contribution in [2.45, 2.75) is 6.10 Å². The smallest absolute Gasteiger partial charge is 0.337 e. The van der Waals surface area contributed by atoms with E-state index in [0.29, 0.717) is 26.3 Å². The summed E-state index contributed by atoms with van der Waals surface area (Å²) in [6.07, 6.45) is -1.90. The molecule has 1 unspecified atom stereocenters. The van der Waals surface area contributed by atoms with Gasteiger partial charge in [-0.15, -0.1) is 0 Å². The van der Waals surface area contributed by atoms with Gasteiger partial charge < -0.3 is 19.8 Å². The molecule has 1 aromatic carbocycles. The number of carbonyl (C=O) groups is 1. The molecule has 1 saturated heterocycles. The average molecular weight is 273 g/mol. The molecule has 0 aromatic heterocycles. The molecule has 1 aromatic rings. The minimum absolute atomic E-state index is 0.159. The predicted molar refractivity (Wildman–Crippen MR) is 62.0 cm³/mol. The van der Waals surface area contributed by atoms with E-state index in [0.717, 1.165) is 12.1 Å². The Hall–Kier alpha value is -1.73. The normalized spacial score (nSPS) is 17.3. The van der Waals surface area contributed by atoms with Gasteiger partial charge in [0.15, 0.2) is 17.7 Å². The molecule has 0 spiro atoms. The van der Waals surface area contributed by atoms with E-state index in [1.807, 2.05) is 0 Å². The first-order valence-corrected chi connectivity index (χ1v) is 5.73. The maximum atomic E-state index is 13.3. The van der Waals surface area contributed by atoms with Crippen molar-refractivity contribution in [3.63, 3.8) is 0 Å². The molecule has 0 aliphatic carbocycles. The Balaban J connectivity index is 2.44. The number of nitrogens with zero attached hydrogens (tertiary/aromatic N) is 1. The average Bonchev–Trinajstić information content (AvgIpc) is 2.41. The standard InChI is InChI=1S/C12H13F2NO4/c13-8-5-7(11(16)12(17)18)10(6-9(8)14)15-1-3-19-4-2-15/h5-6,11,16H,1-4H2,(H,17,18). The van der Waals surface area contributed by atoms with E-state index >= 15 is 0 Å². The third kappa shape index (κ3) is 2.82. The second-order valence-electron chi connectivity index (χ2n) is 4.17. The number of aliphatic hydroxyl groups excluding tert-OH is 1. The van der Waals surface area contributed by atoms with Crippen LogP contribution in [0.1, 0.15) is 11.7 Å². The fourth-order valence-electron chi connectivity index (χ4n) is 1.98. The van der Waals surface area contributed by atoms with Crippen LogP contribution in [0.4, 0.5) is 14.5 Å². The highest BCUT2D eigenvalue weighted by molar-refractivity contribution is 5.77. The molecular formula is C12H13F2NO4. The Labute approximate surface area is 108 Å².